The van der Waals surface area contributed by atoms with Gasteiger partial charge < -0.3 is 19.8 Å². The number of aromatic amines is 1. The second-order valence-corrected chi connectivity index (χ2v) is 5.60. The summed E-state index contributed by atoms with van der Waals surface area (Å²) in [5.41, 5.74) is 2.26. The molecule has 2 heterocycles. The fraction of sp³-hybridized carbons (Fsp3) is 0.200. The van der Waals surface area contributed by atoms with Crippen LogP contribution in [0.15, 0.2) is 42.6 Å². The van der Waals surface area contributed by atoms with Crippen LogP contribution in [0.1, 0.15) is 16.2 Å². The van der Waals surface area contributed by atoms with Gasteiger partial charge in [0.2, 0.25) is 0 Å². The number of aromatic nitrogens is 2. The highest BCUT2D eigenvalue weighted by atomic mass is 16.5. The molecule has 0 radical (unpaired) electrons. The molecule has 0 saturated carbocycles. The standard InChI is InChI=1S/C20H19N3O3/c1-14-5-7-17(13-22-14)26-10-4-3-9-21-20(24)19-11-15-6-8-16(25-2)12-18(15)23-19/h5-8,11-13,23H,9-10H2,1-2H3,(H,21,24). The largest absolute Gasteiger partial charge is 0.497 e. The number of nitrogens with one attached hydrogen (secondary N) is 2. The Balaban J connectivity index is 1.49. The number of aryl methyl sites for hydroxylation is 1. The zero-order chi connectivity index (χ0) is 18.4. The summed E-state index contributed by atoms with van der Waals surface area (Å²) in [7, 11) is 1.61. The van der Waals surface area contributed by atoms with Crippen molar-refractivity contribution in [3.8, 4) is 23.3 Å². The van der Waals surface area contributed by atoms with Crippen LogP contribution in [0.4, 0.5) is 0 Å². The third-order valence-corrected chi connectivity index (χ3v) is 3.73. The first-order valence-corrected chi connectivity index (χ1v) is 8.12. The summed E-state index contributed by atoms with van der Waals surface area (Å²) in [5, 5.41) is 3.70. The van der Waals surface area contributed by atoms with Gasteiger partial charge in [-0.3, -0.25) is 9.78 Å². The number of amides is 1. The summed E-state index contributed by atoms with van der Waals surface area (Å²) in [6.45, 7) is 2.40. The van der Waals surface area contributed by atoms with Gasteiger partial charge in [0.15, 0.2) is 0 Å². The minimum Gasteiger partial charge on any atom is -0.497 e. The maximum atomic E-state index is 12.2. The molecule has 26 heavy (non-hydrogen) atoms. The zero-order valence-corrected chi connectivity index (χ0v) is 14.6. The van der Waals surface area contributed by atoms with Crippen LogP contribution in [0.3, 0.4) is 0 Å². The van der Waals surface area contributed by atoms with Crippen molar-refractivity contribution in [3.05, 3.63) is 54.0 Å². The van der Waals surface area contributed by atoms with E-state index in [-0.39, 0.29) is 19.1 Å². The molecular formula is C20H19N3O3. The van der Waals surface area contributed by atoms with Crippen LogP contribution >= 0.6 is 0 Å². The smallest absolute Gasteiger partial charge is 0.268 e. The quantitative estimate of drug-likeness (QED) is 0.695. The number of pyridine rings is 1. The van der Waals surface area contributed by atoms with Gasteiger partial charge in [0, 0.05) is 22.7 Å². The molecule has 0 unspecified atom stereocenters. The Kier molecular flexibility index (Phi) is 5.40. The maximum Gasteiger partial charge on any atom is 0.268 e. The molecule has 6 nitrogen and oxygen atoms in total. The third-order valence-electron chi connectivity index (χ3n) is 3.73. The van der Waals surface area contributed by atoms with Crippen molar-refractivity contribution in [1.29, 1.82) is 0 Å². The van der Waals surface area contributed by atoms with Crippen LogP contribution in [0.25, 0.3) is 10.9 Å². The van der Waals surface area contributed by atoms with E-state index in [1.54, 1.807) is 19.4 Å². The summed E-state index contributed by atoms with van der Waals surface area (Å²) < 4.78 is 10.6. The van der Waals surface area contributed by atoms with Gasteiger partial charge in [-0.2, -0.15) is 0 Å². The number of hydrogen-bond donors (Lipinski definition) is 2. The topological polar surface area (TPSA) is 76.2 Å². The average molecular weight is 349 g/mol. The van der Waals surface area contributed by atoms with Crippen molar-refractivity contribution in [3.63, 3.8) is 0 Å². The molecule has 132 valence electrons. The fourth-order valence-electron chi connectivity index (χ4n) is 2.35. The Morgan fingerprint density at radius 3 is 2.81 bits per heavy atom. The molecule has 0 atom stereocenters. The summed E-state index contributed by atoms with van der Waals surface area (Å²) in [5.74, 6) is 6.91. The van der Waals surface area contributed by atoms with Crippen molar-refractivity contribution in [2.24, 2.45) is 0 Å². The monoisotopic (exact) mass is 349 g/mol. The number of carbonyl (C=O) groups is 1. The van der Waals surface area contributed by atoms with Crippen LogP contribution < -0.4 is 14.8 Å². The molecule has 6 heteroatoms. The number of H-pyrrole nitrogens is 1. The second-order valence-electron chi connectivity index (χ2n) is 5.60. The van der Waals surface area contributed by atoms with Crippen LogP contribution in [-0.4, -0.2) is 36.1 Å². The predicted molar refractivity (Wildman–Crippen MR) is 99.4 cm³/mol. The van der Waals surface area contributed by atoms with Gasteiger partial charge in [0.1, 0.15) is 23.8 Å². The number of nitrogens with zero attached hydrogens (tertiary/aromatic N) is 1. The highest BCUT2D eigenvalue weighted by Gasteiger charge is 2.08. The molecule has 0 aliphatic carbocycles. The lowest BCUT2D eigenvalue weighted by molar-refractivity contribution is 0.0954. The van der Waals surface area contributed by atoms with E-state index in [9.17, 15) is 4.79 Å². The second kappa shape index (κ2) is 8.08. The summed E-state index contributed by atoms with van der Waals surface area (Å²) in [4.78, 5) is 19.4. The third kappa shape index (κ3) is 4.33. The number of fused-ring (bicyclic) bond motifs is 1. The van der Waals surface area contributed by atoms with Gasteiger partial charge in [0.05, 0.1) is 19.9 Å². The van der Waals surface area contributed by atoms with Gasteiger partial charge in [-0.25, -0.2) is 0 Å². The van der Waals surface area contributed by atoms with E-state index in [1.165, 1.54) is 0 Å². The number of methoxy groups -OCH3 is 1. The molecule has 3 aromatic rings. The van der Waals surface area contributed by atoms with E-state index in [1.807, 2.05) is 37.3 Å². The summed E-state index contributed by atoms with van der Waals surface area (Å²) >= 11 is 0. The van der Waals surface area contributed by atoms with E-state index in [4.69, 9.17) is 9.47 Å². The van der Waals surface area contributed by atoms with Crippen molar-refractivity contribution in [2.45, 2.75) is 6.92 Å². The number of hydrogen-bond acceptors (Lipinski definition) is 4. The molecule has 0 bridgehead atoms. The van der Waals surface area contributed by atoms with Gasteiger partial charge in [-0.15, -0.1) is 0 Å². The number of ether oxygens (including phenoxy) is 2. The Hall–Kier alpha value is -3.46. The molecule has 0 aliphatic rings. The highest BCUT2D eigenvalue weighted by molar-refractivity contribution is 5.98. The molecule has 0 spiro atoms. The molecule has 1 aromatic carbocycles. The van der Waals surface area contributed by atoms with Crippen molar-refractivity contribution >= 4 is 16.8 Å². The van der Waals surface area contributed by atoms with Crippen LogP contribution in [0.5, 0.6) is 11.5 Å². The number of carbonyl (C=O) groups excluding carboxylic acids is 1. The van der Waals surface area contributed by atoms with Gasteiger partial charge >= 0.3 is 0 Å². The van der Waals surface area contributed by atoms with E-state index >= 15 is 0 Å². The molecule has 2 aromatic heterocycles. The first-order chi connectivity index (χ1) is 12.7. The molecular weight excluding hydrogens is 330 g/mol. The maximum absolute atomic E-state index is 12.2. The van der Waals surface area contributed by atoms with Crippen molar-refractivity contribution in [2.75, 3.05) is 20.3 Å². The lowest BCUT2D eigenvalue weighted by Gasteiger charge is -2.01. The lowest BCUT2D eigenvalue weighted by atomic mass is 10.2. The minimum atomic E-state index is -0.210. The lowest BCUT2D eigenvalue weighted by Crippen LogP contribution is -2.23. The molecule has 1 amide bonds. The zero-order valence-electron chi connectivity index (χ0n) is 14.6. The highest BCUT2D eigenvalue weighted by Crippen LogP contribution is 2.21. The average Bonchev–Trinajstić information content (AvgIpc) is 3.09. The van der Waals surface area contributed by atoms with E-state index in [2.05, 4.69) is 27.1 Å². The van der Waals surface area contributed by atoms with E-state index in [0.717, 1.165) is 22.3 Å². The molecule has 0 saturated heterocycles. The number of benzene rings is 1. The van der Waals surface area contributed by atoms with Gasteiger partial charge in [0.25, 0.3) is 5.91 Å². The van der Waals surface area contributed by atoms with E-state index < -0.39 is 0 Å². The Morgan fingerprint density at radius 2 is 2.04 bits per heavy atom. The first-order valence-electron chi connectivity index (χ1n) is 8.12. The minimum absolute atomic E-state index is 0.210. The molecule has 3 rings (SSSR count). The van der Waals surface area contributed by atoms with Crippen LogP contribution in [0, 0.1) is 18.8 Å². The van der Waals surface area contributed by atoms with Crippen molar-refractivity contribution < 1.29 is 14.3 Å². The van der Waals surface area contributed by atoms with Crippen LogP contribution in [-0.2, 0) is 0 Å². The van der Waals surface area contributed by atoms with Gasteiger partial charge in [-0.05, 0) is 37.3 Å². The van der Waals surface area contributed by atoms with Crippen molar-refractivity contribution in [1.82, 2.24) is 15.3 Å². The Bertz CT molecular complexity index is 965. The normalized spacial score (nSPS) is 10.1. The predicted octanol–water partition coefficient (Wildman–Crippen LogP) is 2.69. The molecule has 2 N–H and O–H groups in total. The van der Waals surface area contributed by atoms with E-state index in [0.29, 0.717) is 11.4 Å². The SMILES string of the molecule is COc1ccc2cc(C(=O)NCC#CCOc3ccc(C)nc3)[nH]c2c1. The fourth-order valence-corrected chi connectivity index (χ4v) is 2.35. The number of rotatable bonds is 5. The molecule has 0 fully saturated rings. The van der Waals surface area contributed by atoms with Crippen LogP contribution in [0.2, 0.25) is 0 Å². The molecule has 0 aliphatic heterocycles. The Morgan fingerprint density at radius 1 is 1.19 bits per heavy atom. The summed E-state index contributed by atoms with van der Waals surface area (Å²) in [6, 6.07) is 11.1. The Labute approximate surface area is 151 Å². The summed E-state index contributed by atoms with van der Waals surface area (Å²) in [6.07, 6.45) is 1.66. The first kappa shape index (κ1) is 17.4. The van der Waals surface area contributed by atoms with Gasteiger partial charge in [-0.1, -0.05) is 11.8 Å².